The van der Waals surface area contributed by atoms with E-state index >= 15 is 0 Å². The molecular weight excluding hydrogens is 214 g/mol. The molecule has 1 rings (SSSR count). The maximum Gasteiger partial charge on any atom is 0.202 e. The summed E-state index contributed by atoms with van der Waals surface area (Å²) in [6.07, 6.45) is 0. The van der Waals surface area contributed by atoms with Gasteiger partial charge in [0.15, 0.2) is 5.82 Å². The predicted octanol–water partition coefficient (Wildman–Crippen LogP) is 2.86. The van der Waals surface area contributed by atoms with Crippen molar-refractivity contribution in [3.63, 3.8) is 0 Å². The molecule has 1 aromatic rings. The molecule has 0 bridgehead atoms. The number of anilines is 1. The zero-order chi connectivity index (χ0) is 10.4. The minimum Gasteiger partial charge on any atom is -0.361 e. The molecule has 0 aromatic carbocycles. The van der Waals surface area contributed by atoms with Gasteiger partial charge >= 0.3 is 0 Å². The van der Waals surface area contributed by atoms with Crippen LogP contribution in [0.1, 0.15) is 26.6 Å². The fourth-order valence-electron chi connectivity index (χ4n) is 0.922. The molecule has 0 saturated carbocycles. The molecule has 1 N–H and O–H groups in total. The Labute approximate surface area is 93.9 Å². The van der Waals surface area contributed by atoms with Gasteiger partial charge in [0.1, 0.15) is 0 Å². The Morgan fingerprint density at radius 2 is 2.29 bits per heavy atom. The summed E-state index contributed by atoms with van der Waals surface area (Å²) < 4.78 is 4.28. The van der Waals surface area contributed by atoms with E-state index in [1.54, 1.807) is 0 Å². The highest BCUT2D eigenvalue weighted by atomic mass is 32.2. The van der Waals surface area contributed by atoms with Crippen LogP contribution in [-0.4, -0.2) is 21.7 Å². The second-order valence-electron chi connectivity index (χ2n) is 3.46. The molecule has 0 spiro atoms. The van der Waals surface area contributed by atoms with E-state index in [-0.39, 0.29) is 0 Å². The minimum atomic E-state index is 0.742. The first-order valence-electron chi connectivity index (χ1n) is 4.86. The third-order valence-corrected chi connectivity index (χ3v) is 3.55. The third-order valence-electron chi connectivity index (χ3n) is 1.48. The van der Waals surface area contributed by atoms with Crippen molar-refractivity contribution in [2.75, 3.05) is 17.6 Å². The summed E-state index contributed by atoms with van der Waals surface area (Å²) in [5.74, 6) is 3.80. The van der Waals surface area contributed by atoms with Crippen LogP contribution in [0.15, 0.2) is 0 Å². The Morgan fingerprint density at radius 3 is 2.93 bits per heavy atom. The summed E-state index contributed by atoms with van der Waals surface area (Å²) in [7, 11) is 0. The van der Waals surface area contributed by atoms with E-state index in [4.69, 9.17) is 0 Å². The molecule has 0 aliphatic heterocycles. The molecule has 80 valence electrons. The highest BCUT2D eigenvalue weighted by Crippen LogP contribution is 2.17. The summed E-state index contributed by atoms with van der Waals surface area (Å²) in [4.78, 5) is 4.37. The number of aromatic nitrogens is 2. The van der Waals surface area contributed by atoms with Gasteiger partial charge in [0.05, 0.1) is 5.75 Å². The summed E-state index contributed by atoms with van der Waals surface area (Å²) in [5.41, 5.74) is 0. The van der Waals surface area contributed by atoms with E-state index in [2.05, 4.69) is 35.4 Å². The van der Waals surface area contributed by atoms with Gasteiger partial charge in [0.25, 0.3) is 0 Å². The van der Waals surface area contributed by atoms with Gasteiger partial charge in [0.2, 0.25) is 5.13 Å². The molecule has 3 nitrogen and oxygen atoms in total. The van der Waals surface area contributed by atoms with Gasteiger partial charge < -0.3 is 5.32 Å². The molecular formula is C9H17N3S2. The van der Waals surface area contributed by atoms with Gasteiger partial charge in [-0.1, -0.05) is 13.8 Å². The lowest BCUT2D eigenvalue weighted by Gasteiger charge is -2.01. The fraction of sp³-hybridized carbons (Fsp3) is 0.778. The van der Waals surface area contributed by atoms with E-state index in [0.29, 0.717) is 0 Å². The van der Waals surface area contributed by atoms with E-state index < -0.39 is 0 Å². The Kier molecular flexibility index (Phi) is 5.25. The summed E-state index contributed by atoms with van der Waals surface area (Å²) in [5, 5.41) is 4.10. The second-order valence-corrected chi connectivity index (χ2v) is 5.24. The maximum atomic E-state index is 4.37. The standard InChI is InChI=1S/C9H17N3S2/c1-4-10-9-11-8(12-14-9)6-13-5-7(2)3/h7H,4-6H2,1-3H3,(H,10,11,12). The van der Waals surface area contributed by atoms with Gasteiger partial charge in [0, 0.05) is 18.1 Å². The maximum absolute atomic E-state index is 4.37. The highest BCUT2D eigenvalue weighted by Gasteiger charge is 2.03. The van der Waals surface area contributed by atoms with E-state index in [1.807, 2.05) is 11.8 Å². The molecule has 0 amide bonds. The van der Waals surface area contributed by atoms with Crippen LogP contribution in [0.25, 0.3) is 0 Å². The van der Waals surface area contributed by atoms with Gasteiger partial charge in [-0.3, -0.25) is 0 Å². The molecule has 0 radical (unpaired) electrons. The summed E-state index contributed by atoms with van der Waals surface area (Å²) in [6, 6.07) is 0. The van der Waals surface area contributed by atoms with E-state index in [9.17, 15) is 0 Å². The monoisotopic (exact) mass is 231 g/mol. The quantitative estimate of drug-likeness (QED) is 0.817. The average molecular weight is 231 g/mol. The van der Waals surface area contributed by atoms with Crippen LogP contribution < -0.4 is 5.32 Å². The average Bonchev–Trinajstić information content (AvgIpc) is 2.53. The lowest BCUT2D eigenvalue weighted by Crippen LogP contribution is -1.96. The van der Waals surface area contributed by atoms with Crippen LogP contribution >= 0.6 is 23.3 Å². The number of nitrogens with one attached hydrogen (secondary N) is 1. The normalized spacial score (nSPS) is 10.9. The molecule has 14 heavy (non-hydrogen) atoms. The van der Waals surface area contributed by atoms with Gasteiger partial charge in [-0.25, -0.2) is 4.98 Å². The molecule has 0 saturated heterocycles. The predicted molar refractivity (Wildman–Crippen MR) is 65.1 cm³/mol. The van der Waals surface area contributed by atoms with Crippen molar-refractivity contribution in [3.05, 3.63) is 5.82 Å². The van der Waals surface area contributed by atoms with Gasteiger partial charge in [-0.2, -0.15) is 16.1 Å². The number of nitrogens with zero attached hydrogens (tertiary/aromatic N) is 2. The van der Waals surface area contributed by atoms with Crippen LogP contribution in [0.4, 0.5) is 5.13 Å². The van der Waals surface area contributed by atoms with Crippen molar-refractivity contribution in [2.45, 2.75) is 26.5 Å². The zero-order valence-electron chi connectivity index (χ0n) is 8.91. The summed E-state index contributed by atoms with van der Waals surface area (Å²) >= 11 is 3.35. The molecule has 5 heteroatoms. The van der Waals surface area contributed by atoms with E-state index in [0.717, 1.165) is 29.2 Å². The molecule has 0 aliphatic rings. The van der Waals surface area contributed by atoms with Crippen LogP contribution in [-0.2, 0) is 5.75 Å². The molecule has 1 aromatic heterocycles. The number of rotatable bonds is 6. The SMILES string of the molecule is CCNc1nc(CSCC(C)C)ns1. The zero-order valence-corrected chi connectivity index (χ0v) is 10.5. The van der Waals surface area contributed by atoms with Crippen LogP contribution in [0.3, 0.4) is 0 Å². The highest BCUT2D eigenvalue weighted by molar-refractivity contribution is 7.98. The van der Waals surface area contributed by atoms with Crippen molar-refractivity contribution in [2.24, 2.45) is 5.92 Å². The molecule has 0 atom stereocenters. The Bertz CT molecular complexity index is 260. The molecule has 0 aliphatic carbocycles. The van der Waals surface area contributed by atoms with Gasteiger partial charge in [-0.05, 0) is 18.6 Å². The minimum absolute atomic E-state index is 0.742. The topological polar surface area (TPSA) is 37.8 Å². The Hall–Kier alpha value is -0.290. The first-order chi connectivity index (χ1) is 6.72. The molecule has 1 heterocycles. The van der Waals surface area contributed by atoms with E-state index in [1.165, 1.54) is 17.3 Å². The van der Waals surface area contributed by atoms with Gasteiger partial charge in [-0.15, -0.1) is 0 Å². The summed E-state index contributed by atoms with van der Waals surface area (Å²) in [6.45, 7) is 7.43. The lowest BCUT2D eigenvalue weighted by atomic mass is 10.3. The first-order valence-corrected chi connectivity index (χ1v) is 6.79. The van der Waals surface area contributed by atoms with Crippen molar-refractivity contribution in [1.82, 2.24) is 9.36 Å². The third kappa shape index (κ3) is 4.28. The van der Waals surface area contributed by atoms with Crippen LogP contribution in [0.2, 0.25) is 0 Å². The van der Waals surface area contributed by atoms with Crippen molar-refractivity contribution in [3.8, 4) is 0 Å². The smallest absolute Gasteiger partial charge is 0.202 e. The molecule has 0 fully saturated rings. The van der Waals surface area contributed by atoms with Crippen LogP contribution in [0.5, 0.6) is 0 Å². The van der Waals surface area contributed by atoms with Crippen LogP contribution in [0, 0.1) is 5.92 Å². The number of hydrogen-bond acceptors (Lipinski definition) is 5. The fourth-order valence-corrected chi connectivity index (χ4v) is 2.56. The Balaban J connectivity index is 2.28. The van der Waals surface area contributed by atoms with Crippen molar-refractivity contribution in [1.29, 1.82) is 0 Å². The molecule has 0 unspecified atom stereocenters. The number of hydrogen-bond donors (Lipinski definition) is 1. The Morgan fingerprint density at radius 1 is 1.50 bits per heavy atom. The second kappa shape index (κ2) is 6.24. The largest absolute Gasteiger partial charge is 0.361 e. The lowest BCUT2D eigenvalue weighted by molar-refractivity contribution is 0.750. The van der Waals surface area contributed by atoms with Crippen molar-refractivity contribution >= 4 is 28.4 Å². The number of thioether (sulfide) groups is 1. The van der Waals surface area contributed by atoms with Crippen molar-refractivity contribution < 1.29 is 0 Å². The first kappa shape index (κ1) is 11.8.